The molecule has 0 unspecified atom stereocenters. The third-order valence-electron chi connectivity index (χ3n) is 5.30. The second-order valence-corrected chi connectivity index (χ2v) is 7.48. The number of hydrogen-bond acceptors (Lipinski definition) is 2. The molecule has 1 aromatic rings. The van der Waals surface area contributed by atoms with Crippen LogP contribution < -0.4 is 10.6 Å². The summed E-state index contributed by atoms with van der Waals surface area (Å²) in [6.07, 6.45) is 0. The summed E-state index contributed by atoms with van der Waals surface area (Å²) < 4.78 is 0. The van der Waals surface area contributed by atoms with Crippen LogP contribution in [-0.4, -0.2) is 42.4 Å². The molecule has 0 atom stereocenters. The lowest BCUT2D eigenvalue weighted by Gasteiger charge is -2.62. The van der Waals surface area contributed by atoms with Crippen molar-refractivity contribution in [1.29, 1.82) is 0 Å². The number of carbonyl (C=O) groups is 1. The highest BCUT2D eigenvalue weighted by atomic mass is 16.1. The zero-order valence-electron chi connectivity index (χ0n) is 15.7. The molecular formula is C19H30N4O. The average molecular weight is 330 g/mol. The van der Waals surface area contributed by atoms with Crippen molar-refractivity contribution in [3.63, 3.8) is 0 Å². The smallest absolute Gasteiger partial charge is 0.251 e. The molecule has 2 N–H and O–H groups in total. The number of hydrogen-bond donors (Lipinski definition) is 2. The van der Waals surface area contributed by atoms with Gasteiger partial charge < -0.3 is 15.5 Å². The van der Waals surface area contributed by atoms with Gasteiger partial charge in [-0.1, -0.05) is 26.0 Å². The topological polar surface area (TPSA) is 56.7 Å². The molecule has 1 aliphatic heterocycles. The molecule has 0 aromatic heterocycles. The van der Waals surface area contributed by atoms with E-state index in [1.807, 2.05) is 24.3 Å². The lowest BCUT2D eigenvalue weighted by Crippen LogP contribution is -2.72. The number of amides is 1. The average Bonchev–Trinajstić information content (AvgIpc) is 2.56. The van der Waals surface area contributed by atoms with Crippen LogP contribution in [0.25, 0.3) is 0 Å². The fourth-order valence-electron chi connectivity index (χ4n) is 2.92. The summed E-state index contributed by atoms with van der Waals surface area (Å²) in [5.41, 5.74) is 2.03. The van der Waals surface area contributed by atoms with Gasteiger partial charge in [0.25, 0.3) is 5.91 Å². The third-order valence-corrected chi connectivity index (χ3v) is 5.30. The molecule has 1 heterocycles. The largest absolute Gasteiger partial charge is 0.356 e. The highest BCUT2D eigenvalue weighted by Gasteiger charge is 2.53. The Morgan fingerprint density at radius 1 is 1.29 bits per heavy atom. The molecule has 0 radical (unpaired) electrons. The van der Waals surface area contributed by atoms with Crippen molar-refractivity contribution in [2.24, 2.45) is 10.4 Å². The Morgan fingerprint density at radius 2 is 2.00 bits per heavy atom. The highest BCUT2D eigenvalue weighted by molar-refractivity contribution is 5.94. The lowest BCUT2D eigenvalue weighted by molar-refractivity contribution is -0.0667. The predicted octanol–water partition coefficient (Wildman–Crippen LogP) is 2.63. The molecule has 0 bridgehead atoms. The van der Waals surface area contributed by atoms with Crippen molar-refractivity contribution in [2.45, 2.75) is 46.7 Å². The molecule has 0 saturated carbocycles. The number of nitrogens with zero attached hydrogens (tertiary/aromatic N) is 2. The Balaban J connectivity index is 2.17. The van der Waals surface area contributed by atoms with E-state index in [4.69, 9.17) is 4.99 Å². The van der Waals surface area contributed by atoms with Gasteiger partial charge in [-0.3, -0.25) is 4.79 Å². The third kappa shape index (κ3) is 3.40. The normalized spacial score (nSPS) is 18.8. The summed E-state index contributed by atoms with van der Waals surface area (Å²) in [4.78, 5) is 18.9. The zero-order chi connectivity index (χ0) is 18.0. The van der Waals surface area contributed by atoms with Crippen LogP contribution in [-0.2, 0) is 6.54 Å². The maximum atomic E-state index is 11.8. The summed E-state index contributed by atoms with van der Waals surface area (Å²) in [7, 11) is 1.64. The fraction of sp³-hybridized carbons (Fsp3) is 0.579. The van der Waals surface area contributed by atoms with Crippen LogP contribution in [0.15, 0.2) is 29.3 Å². The van der Waals surface area contributed by atoms with Crippen LogP contribution in [0.3, 0.4) is 0 Å². The van der Waals surface area contributed by atoms with Gasteiger partial charge in [-0.15, -0.1) is 0 Å². The summed E-state index contributed by atoms with van der Waals surface area (Å²) in [5, 5.41) is 6.05. The second-order valence-electron chi connectivity index (χ2n) is 7.48. The minimum Gasteiger partial charge on any atom is -0.356 e. The first kappa shape index (κ1) is 18.3. The van der Waals surface area contributed by atoms with E-state index in [0.29, 0.717) is 12.1 Å². The van der Waals surface area contributed by atoms with Crippen LogP contribution in [0.4, 0.5) is 0 Å². The fourth-order valence-corrected chi connectivity index (χ4v) is 2.92. The van der Waals surface area contributed by atoms with Crippen LogP contribution in [0.2, 0.25) is 0 Å². The molecular weight excluding hydrogens is 300 g/mol. The number of nitrogens with one attached hydrogen (secondary N) is 2. The number of likely N-dealkylation sites (tertiary alicyclic amines) is 1. The summed E-state index contributed by atoms with van der Waals surface area (Å²) in [6, 6.07) is 7.62. The molecule has 24 heavy (non-hydrogen) atoms. The molecule has 1 amide bonds. The quantitative estimate of drug-likeness (QED) is 0.659. The minimum absolute atomic E-state index is 0.0674. The van der Waals surface area contributed by atoms with Gasteiger partial charge in [0.1, 0.15) is 0 Å². The van der Waals surface area contributed by atoms with Gasteiger partial charge in [-0.2, -0.15) is 0 Å². The number of benzene rings is 1. The van der Waals surface area contributed by atoms with Crippen molar-refractivity contribution < 1.29 is 4.79 Å². The molecule has 5 nitrogen and oxygen atoms in total. The van der Waals surface area contributed by atoms with Crippen LogP contribution in [0.5, 0.6) is 0 Å². The summed E-state index contributed by atoms with van der Waals surface area (Å²) >= 11 is 0. The zero-order valence-corrected chi connectivity index (χ0v) is 15.7. The Kier molecular flexibility index (Phi) is 5.21. The van der Waals surface area contributed by atoms with Gasteiger partial charge in [0.2, 0.25) is 0 Å². The van der Waals surface area contributed by atoms with E-state index in [0.717, 1.165) is 24.6 Å². The van der Waals surface area contributed by atoms with Gasteiger partial charge in [0.15, 0.2) is 5.96 Å². The summed E-state index contributed by atoms with van der Waals surface area (Å²) in [6.45, 7) is 13.6. The maximum absolute atomic E-state index is 11.8. The first-order valence-electron chi connectivity index (χ1n) is 8.60. The highest BCUT2D eigenvalue weighted by Crippen LogP contribution is 2.46. The van der Waals surface area contributed by atoms with Crippen molar-refractivity contribution in [3.05, 3.63) is 35.4 Å². The van der Waals surface area contributed by atoms with Crippen LogP contribution >= 0.6 is 0 Å². The minimum atomic E-state index is -0.0710. The van der Waals surface area contributed by atoms with Gasteiger partial charge >= 0.3 is 0 Å². The number of aliphatic imine (C=N–C) groups is 1. The molecule has 132 valence electrons. The van der Waals surface area contributed by atoms with Gasteiger partial charge in [-0.05, 0) is 38.5 Å². The van der Waals surface area contributed by atoms with Crippen LogP contribution in [0, 0.1) is 5.41 Å². The van der Waals surface area contributed by atoms with E-state index in [1.165, 1.54) is 0 Å². The Bertz CT molecular complexity index is 634. The molecule has 1 fully saturated rings. The lowest BCUT2D eigenvalue weighted by atomic mass is 9.65. The number of guanidine groups is 1. The maximum Gasteiger partial charge on any atom is 0.251 e. The van der Waals surface area contributed by atoms with Crippen molar-refractivity contribution >= 4 is 11.9 Å². The van der Waals surface area contributed by atoms with Gasteiger partial charge in [0.05, 0.1) is 6.54 Å². The number of rotatable bonds is 4. The Labute approximate surface area is 145 Å². The van der Waals surface area contributed by atoms with E-state index in [1.54, 1.807) is 7.05 Å². The SMILES string of the molecule is CCNC(=NCc1cccc(C(=O)NC)c1)N1CC(C)(C)C1(C)C. The molecule has 5 heteroatoms. The van der Waals surface area contributed by atoms with Crippen LogP contribution in [0.1, 0.15) is 50.5 Å². The molecule has 1 aromatic carbocycles. The van der Waals surface area contributed by atoms with E-state index >= 15 is 0 Å². The van der Waals surface area contributed by atoms with E-state index in [9.17, 15) is 4.79 Å². The second kappa shape index (κ2) is 6.83. The standard InChI is InChI=1S/C19H30N4O/c1-7-21-17(23-13-18(2,3)19(23,4)5)22-12-14-9-8-10-15(11-14)16(24)20-6/h8-11H,7,12-13H2,1-6H3,(H,20,24)(H,21,22). The summed E-state index contributed by atoms with van der Waals surface area (Å²) in [5.74, 6) is 0.866. The van der Waals surface area contributed by atoms with E-state index < -0.39 is 0 Å². The van der Waals surface area contributed by atoms with Gasteiger partial charge in [-0.25, -0.2) is 4.99 Å². The molecule has 0 spiro atoms. The first-order valence-corrected chi connectivity index (χ1v) is 8.60. The Morgan fingerprint density at radius 3 is 2.54 bits per heavy atom. The molecule has 2 rings (SSSR count). The molecule has 1 aliphatic rings. The van der Waals surface area contributed by atoms with E-state index in [2.05, 4.69) is 50.2 Å². The Hall–Kier alpha value is -2.04. The first-order chi connectivity index (χ1) is 11.2. The molecule has 1 saturated heterocycles. The van der Waals surface area contributed by atoms with Gasteiger partial charge in [0, 0.05) is 36.7 Å². The van der Waals surface area contributed by atoms with Crippen molar-refractivity contribution in [1.82, 2.24) is 15.5 Å². The van der Waals surface area contributed by atoms with Crippen molar-refractivity contribution in [3.8, 4) is 0 Å². The monoisotopic (exact) mass is 330 g/mol. The van der Waals surface area contributed by atoms with E-state index in [-0.39, 0.29) is 16.9 Å². The van der Waals surface area contributed by atoms with Crippen molar-refractivity contribution in [2.75, 3.05) is 20.1 Å². The predicted molar refractivity (Wildman–Crippen MR) is 99.2 cm³/mol. The molecule has 0 aliphatic carbocycles. The number of carbonyl (C=O) groups excluding carboxylic acids is 1.